The fourth-order valence-corrected chi connectivity index (χ4v) is 3.36. The Labute approximate surface area is 124 Å². The van der Waals surface area contributed by atoms with Gasteiger partial charge in [0.2, 0.25) is 5.91 Å². The van der Waals surface area contributed by atoms with Crippen molar-refractivity contribution in [1.82, 2.24) is 5.32 Å². The van der Waals surface area contributed by atoms with Gasteiger partial charge in [-0.2, -0.15) is 0 Å². The van der Waals surface area contributed by atoms with Crippen LogP contribution in [0.2, 0.25) is 0 Å². The second-order valence-corrected chi connectivity index (χ2v) is 6.29. The molecular formula is C16H22N2OS. The molecule has 0 atom stereocenters. The van der Waals surface area contributed by atoms with Crippen molar-refractivity contribution < 1.29 is 4.79 Å². The third-order valence-electron chi connectivity index (χ3n) is 3.65. The molecule has 3 nitrogen and oxygen atoms in total. The van der Waals surface area contributed by atoms with E-state index in [0.29, 0.717) is 25.4 Å². The van der Waals surface area contributed by atoms with Crippen LogP contribution >= 0.6 is 11.3 Å². The summed E-state index contributed by atoms with van der Waals surface area (Å²) in [6, 6.07) is 2.02. The number of carbonyl (C=O) groups is 1. The predicted molar refractivity (Wildman–Crippen MR) is 83.3 cm³/mol. The minimum Gasteiger partial charge on any atom is -0.351 e. The van der Waals surface area contributed by atoms with Crippen LogP contribution in [0.25, 0.3) is 0 Å². The molecule has 1 aliphatic rings. The van der Waals surface area contributed by atoms with Crippen molar-refractivity contribution in [3.05, 3.63) is 21.9 Å². The Bertz CT molecular complexity index is 492. The summed E-state index contributed by atoms with van der Waals surface area (Å²) in [5.74, 6) is 6.61. The summed E-state index contributed by atoms with van der Waals surface area (Å²) in [7, 11) is 0. The number of hydrogen-bond donors (Lipinski definition) is 2. The number of amides is 1. The van der Waals surface area contributed by atoms with Gasteiger partial charge in [-0.05, 0) is 24.8 Å². The average Bonchev–Trinajstić information content (AvgIpc) is 2.92. The van der Waals surface area contributed by atoms with E-state index in [1.807, 2.05) is 11.4 Å². The molecule has 0 radical (unpaired) electrons. The molecule has 0 spiro atoms. The van der Waals surface area contributed by atoms with Gasteiger partial charge in [-0.15, -0.1) is 11.3 Å². The molecule has 1 aromatic heterocycles. The SMILES string of the molecule is NCC#Cc1csc(CNC(=O)CC2CCCCC2)c1. The number of thiophene rings is 1. The third-order valence-corrected chi connectivity index (χ3v) is 4.58. The first-order valence-electron chi connectivity index (χ1n) is 7.31. The maximum atomic E-state index is 11.9. The molecule has 1 saturated carbocycles. The topological polar surface area (TPSA) is 55.1 Å². The minimum atomic E-state index is 0.180. The third kappa shape index (κ3) is 4.99. The molecule has 1 aliphatic carbocycles. The van der Waals surface area contributed by atoms with Gasteiger partial charge in [0.15, 0.2) is 0 Å². The van der Waals surface area contributed by atoms with Gasteiger partial charge in [0.25, 0.3) is 0 Å². The highest BCUT2D eigenvalue weighted by Gasteiger charge is 2.16. The van der Waals surface area contributed by atoms with E-state index < -0.39 is 0 Å². The van der Waals surface area contributed by atoms with Gasteiger partial charge >= 0.3 is 0 Å². The Kier molecular flexibility index (Phi) is 6.10. The lowest BCUT2D eigenvalue weighted by Gasteiger charge is -2.20. The highest BCUT2D eigenvalue weighted by Crippen LogP contribution is 2.26. The molecule has 2 rings (SSSR count). The van der Waals surface area contributed by atoms with Crippen molar-refractivity contribution in [2.75, 3.05) is 6.54 Å². The van der Waals surface area contributed by atoms with Crippen molar-refractivity contribution in [3.63, 3.8) is 0 Å². The van der Waals surface area contributed by atoms with Gasteiger partial charge in [-0.25, -0.2) is 0 Å². The quantitative estimate of drug-likeness (QED) is 0.838. The van der Waals surface area contributed by atoms with E-state index in [-0.39, 0.29) is 5.91 Å². The summed E-state index contributed by atoms with van der Waals surface area (Å²) < 4.78 is 0. The second-order valence-electron chi connectivity index (χ2n) is 5.29. The van der Waals surface area contributed by atoms with E-state index >= 15 is 0 Å². The van der Waals surface area contributed by atoms with E-state index in [4.69, 9.17) is 5.73 Å². The summed E-state index contributed by atoms with van der Waals surface area (Å²) >= 11 is 1.63. The number of nitrogens with two attached hydrogens (primary N) is 1. The first-order valence-corrected chi connectivity index (χ1v) is 8.19. The maximum Gasteiger partial charge on any atom is 0.220 e. The van der Waals surface area contributed by atoms with Gasteiger partial charge in [0, 0.05) is 22.2 Å². The summed E-state index contributed by atoms with van der Waals surface area (Å²) in [5.41, 5.74) is 6.33. The standard InChI is InChI=1S/C16H22N2OS/c17-8-4-7-14-9-15(20-12-14)11-18-16(19)10-13-5-2-1-3-6-13/h9,12-13H,1-3,5-6,8,10-11,17H2,(H,18,19). The van der Waals surface area contributed by atoms with Crippen LogP contribution in [0, 0.1) is 17.8 Å². The van der Waals surface area contributed by atoms with E-state index in [1.54, 1.807) is 11.3 Å². The zero-order chi connectivity index (χ0) is 14.2. The van der Waals surface area contributed by atoms with Gasteiger partial charge in [0.1, 0.15) is 0 Å². The van der Waals surface area contributed by atoms with Gasteiger partial charge in [0.05, 0.1) is 13.1 Å². The summed E-state index contributed by atoms with van der Waals surface area (Å²) in [6.45, 7) is 0.990. The molecule has 0 aliphatic heterocycles. The molecular weight excluding hydrogens is 268 g/mol. The van der Waals surface area contributed by atoms with Crippen molar-refractivity contribution in [2.45, 2.75) is 45.1 Å². The summed E-state index contributed by atoms with van der Waals surface area (Å²) in [5, 5.41) is 5.02. The van der Waals surface area contributed by atoms with Crippen LogP contribution in [0.15, 0.2) is 11.4 Å². The molecule has 1 amide bonds. The predicted octanol–water partition coefficient (Wildman–Crippen LogP) is 2.64. The lowest BCUT2D eigenvalue weighted by molar-refractivity contribution is -0.122. The minimum absolute atomic E-state index is 0.180. The number of carbonyl (C=O) groups excluding carboxylic acids is 1. The number of hydrogen-bond acceptors (Lipinski definition) is 3. The van der Waals surface area contributed by atoms with Crippen LogP contribution in [0.1, 0.15) is 49.0 Å². The molecule has 3 N–H and O–H groups in total. The first kappa shape index (κ1) is 15.1. The largest absolute Gasteiger partial charge is 0.351 e. The number of nitrogens with one attached hydrogen (secondary N) is 1. The highest BCUT2D eigenvalue weighted by atomic mass is 32.1. The molecule has 4 heteroatoms. The Morgan fingerprint density at radius 3 is 2.95 bits per heavy atom. The Morgan fingerprint density at radius 1 is 1.40 bits per heavy atom. The van der Waals surface area contributed by atoms with Crippen LogP contribution in [0.5, 0.6) is 0 Å². The molecule has 108 valence electrons. The van der Waals surface area contributed by atoms with Gasteiger partial charge in [-0.3, -0.25) is 4.79 Å². The number of rotatable bonds is 4. The van der Waals surface area contributed by atoms with Crippen molar-refractivity contribution in [3.8, 4) is 11.8 Å². The lowest BCUT2D eigenvalue weighted by Crippen LogP contribution is -2.25. The molecule has 0 saturated heterocycles. The zero-order valence-corrected chi connectivity index (χ0v) is 12.6. The normalized spacial score (nSPS) is 15.4. The van der Waals surface area contributed by atoms with Crippen molar-refractivity contribution >= 4 is 17.2 Å². The molecule has 20 heavy (non-hydrogen) atoms. The van der Waals surface area contributed by atoms with Crippen molar-refractivity contribution in [2.24, 2.45) is 11.7 Å². The van der Waals surface area contributed by atoms with Crippen LogP contribution < -0.4 is 11.1 Å². The molecule has 1 fully saturated rings. The fraction of sp³-hybridized carbons (Fsp3) is 0.562. The molecule has 1 heterocycles. The van der Waals surface area contributed by atoms with Gasteiger partial charge in [-0.1, -0.05) is 31.1 Å². The lowest BCUT2D eigenvalue weighted by atomic mass is 9.87. The first-order chi connectivity index (χ1) is 9.78. The Morgan fingerprint density at radius 2 is 2.20 bits per heavy atom. The zero-order valence-electron chi connectivity index (χ0n) is 11.8. The van der Waals surface area contributed by atoms with Crippen LogP contribution in [0.4, 0.5) is 0 Å². The molecule has 0 unspecified atom stereocenters. The Hall–Kier alpha value is -1.31. The van der Waals surface area contributed by atoms with E-state index in [2.05, 4.69) is 17.2 Å². The summed E-state index contributed by atoms with van der Waals surface area (Å²) in [4.78, 5) is 13.1. The smallest absolute Gasteiger partial charge is 0.220 e. The molecule has 0 bridgehead atoms. The fourth-order valence-electron chi connectivity index (χ4n) is 2.60. The molecule has 1 aromatic rings. The Balaban J connectivity index is 1.73. The average molecular weight is 290 g/mol. The van der Waals surface area contributed by atoms with E-state index in [9.17, 15) is 4.79 Å². The maximum absolute atomic E-state index is 11.9. The van der Waals surface area contributed by atoms with Crippen molar-refractivity contribution in [1.29, 1.82) is 0 Å². The monoisotopic (exact) mass is 290 g/mol. The van der Waals surface area contributed by atoms with Crippen LogP contribution in [-0.2, 0) is 11.3 Å². The molecule has 0 aromatic carbocycles. The van der Waals surface area contributed by atoms with Crippen LogP contribution in [0.3, 0.4) is 0 Å². The van der Waals surface area contributed by atoms with E-state index in [1.165, 1.54) is 32.1 Å². The van der Waals surface area contributed by atoms with Crippen LogP contribution in [-0.4, -0.2) is 12.5 Å². The van der Waals surface area contributed by atoms with Gasteiger partial charge < -0.3 is 11.1 Å². The van der Waals surface area contributed by atoms with E-state index in [0.717, 1.165) is 10.4 Å². The summed E-state index contributed by atoms with van der Waals surface area (Å²) in [6.07, 6.45) is 7.01. The second kappa shape index (κ2) is 8.08. The highest BCUT2D eigenvalue weighted by molar-refractivity contribution is 7.10.